The molecule has 0 saturated carbocycles. The van der Waals surface area contributed by atoms with Gasteiger partial charge < -0.3 is 0 Å². The van der Waals surface area contributed by atoms with Gasteiger partial charge in [0.05, 0.1) is 5.03 Å². The zero-order valence-corrected chi connectivity index (χ0v) is 9.27. The molecule has 1 atom stereocenters. The summed E-state index contributed by atoms with van der Waals surface area (Å²) >= 11 is 5.84. The molecule has 0 N–H and O–H groups in total. The average molecular weight is 234 g/mol. The van der Waals surface area contributed by atoms with Crippen LogP contribution in [-0.2, 0) is 10.3 Å². The number of nitrogens with zero attached hydrogens (tertiary/aromatic N) is 3. The highest BCUT2D eigenvalue weighted by atomic mass is 35.5. The topological polar surface area (TPSA) is 65.8 Å². The molecule has 5 heteroatoms. The van der Waals surface area contributed by atoms with Crippen LogP contribution >= 0.6 is 11.6 Å². The summed E-state index contributed by atoms with van der Waals surface area (Å²) in [5, 5.41) is 3.69. The van der Waals surface area contributed by atoms with Gasteiger partial charge in [0.25, 0.3) is 0 Å². The first kappa shape index (κ1) is 10.7. The van der Waals surface area contributed by atoms with Crippen LogP contribution in [0.25, 0.3) is 16.5 Å². The molecule has 0 heterocycles. The van der Waals surface area contributed by atoms with Gasteiger partial charge >= 0.3 is 0 Å². The minimum atomic E-state index is -1.24. The quantitative estimate of drug-likeness (QED) is 0.417. The van der Waals surface area contributed by atoms with Crippen LogP contribution in [0, 0.1) is 0 Å². The maximum absolute atomic E-state index is 11.9. The van der Waals surface area contributed by atoms with Gasteiger partial charge in [-0.25, -0.2) is 0 Å². The number of halogens is 1. The first-order valence-electron chi connectivity index (χ1n) is 4.67. The number of Topliss-reactive ketones (excluding diaryl/α,β-unsaturated/α-hetero) is 1. The first-order chi connectivity index (χ1) is 7.59. The van der Waals surface area contributed by atoms with Crippen molar-refractivity contribution in [3.63, 3.8) is 0 Å². The summed E-state index contributed by atoms with van der Waals surface area (Å²) in [7, 11) is 0. The van der Waals surface area contributed by atoms with Crippen molar-refractivity contribution in [1.29, 1.82) is 0 Å². The highest BCUT2D eigenvalue weighted by molar-refractivity contribution is 6.46. The zero-order valence-electron chi connectivity index (χ0n) is 8.51. The van der Waals surface area contributed by atoms with Crippen molar-refractivity contribution in [2.75, 3.05) is 0 Å². The summed E-state index contributed by atoms with van der Waals surface area (Å²) in [5.74, 6) is -0.370. The van der Waals surface area contributed by atoms with Gasteiger partial charge in [-0.05, 0) is 29.7 Å². The van der Waals surface area contributed by atoms with Crippen LogP contribution in [0.1, 0.15) is 18.1 Å². The molecule has 0 amide bonds. The molecule has 1 aromatic carbocycles. The average Bonchev–Trinajstić information content (AvgIpc) is 2.27. The number of benzene rings is 1. The molecule has 0 bridgehead atoms. The number of hydrogen-bond donors (Lipinski definition) is 0. The van der Waals surface area contributed by atoms with Crippen molar-refractivity contribution in [3.8, 4) is 0 Å². The molecule has 2 rings (SSSR count). The maximum Gasteiger partial charge on any atom is 0.190 e. The second-order valence-electron chi connectivity index (χ2n) is 3.67. The van der Waals surface area contributed by atoms with Crippen LogP contribution in [0.2, 0.25) is 0 Å². The van der Waals surface area contributed by atoms with E-state index in [2.05, 4.69) is 10.0 Å². The zero-order chi connectivity index (χ0) is 11.8. The molecule has 1 unspecified atom stereocenters. The summed E-state index contributed by atoms with van der Waals surface area (Å²) in [6, 6.07) is 7.23. The smallest absolute Gasteiger partial charge is 0.190 e. The Bertz CT molecular complexity index is 546. The number of azide groups is 1. The molecule has 1 aromatic rings. The molecule has 0 aromatic heterocycles. The molecule has 0 radical (unpaired) electrons. The minimum absolute atomic E-state index is 0.0913. The lowest BCUT2D eigenvalue weighted by atomic mass is 9.81. The van der Waals surface area contributed by atoms with E-state index < -0.39 is 5.54 Å². The summed E-state index contributed by atoms with van der Waals surface area (Å²) < 4.78 is 0. The third kappa shape index (κ3) is 1.40. The van der Waals surface area contributed by atoms with E-state index in [9.17, 15) is 4.79 Å². The third-order valence-electron chi connectivity index (χ3n) is 2.67. The molecule has 0 spiro atoms. The van der Waals surface area contributed by atoms with Gasteiger partial charge in [0.1, 0.15) is 5.54 Å². The normalized spacial score (nSPS) is 23.1. The lowest BCUT2D eigenvalue weighted by Gasteiger charge is -2.28. The Kier molecular flexibility index (Phi) is 2.46. The van der Waals surface area contributed by atoms with E-state index in [0.29, 0.717) is 5.56 Å². The summed E-state index contributed by atoms with van der Waals surface area (Å²) in [6.45, 7) is 1.57. The highest BCUT2D eigenvalue weighted by Crippen LogP contribution is 2.38. The van der Waals surface area contributed by atoms with Gasteiger partial charge in [-0.1, -0.05) is 41.0 Å². The molecule has 4 nitrogen and oxygen atoms in total. The van der Waals surface area contributed by atoms with Crippen LogP contribution in [0.15, 0.2) is 34.4 Å². The molecule has 16 heavy (non-hydrogen) atoms. The number of fused-ring (bicyclic) bond motifs is 1. The molecule has 1 aliphatic carbocycles. The van der Waals surface area contributed by atoms with E-state index in [1.807, 2.05) is 12.1 Å². The van der Waals surface area contributed by atoms with E-state index in [-0.39, 0.29) is 10.8 Å². The minimum Gasteiger partial charge on any atom is -0.292 e. The van der Waals surface area contributed by atoms with Gasteiger partial charge in [0.15, 0.2) is 5.78 Å². The van der Waals surface area contributed by atoms with E-state index in [4.69, 9.17) is 17.1 Å². The standard InChI is InChI=1S/C11H8ClN3O/c1-11(14-15-13)8-5-3-2-4-7(8)6-9(12)10(11)16/h2-6H,1H3. The Morgan fingerprint density at radius 1 is 1.44 bits per heavy atom. The van der Waals surface area contributed by atoms with Crippen LogP contribution in [0.4, 0.5) is 0 Å². The highest BCUT2D eigenvalue weighted by Gasteiger charge is 2.39. The molecular formula is C11H8ClN3O. The van der Waals surface area contributed by atoms with E-state index in [0.717, 1.165) is 5.56 Å². The number of ketones is 1. The summed E-state index contributed by atoms with van der Waals surface area (Å²) in [4.78, 5) is 14.7. The van der Waals surface area contributed by atoms with Crippen molar-refractivity contribution in [2.45, 2.75) is 12.5 Å². The number of carbonyl (C=O) groups excluding carboxylic acids is 1. The summed E-state index contributed by atoms with van der Waals surface area (Å²) in [5.41, 5.74) is 8.81. The van der Waals surface area contributed by atoms with Gasteiger partial charge in [0.2, 0.25) is 0 Å². The van der Waals surface area contributed by atoms with E-state index in [1.165, 1.54) is 0 Å². The molecule has 0 aliphatic heterocycles. The van der Waals surface area contributed by atoms with E-state index >= 15 is 0 Å². The fourth-order valence-electron chi connectivity index (χ4n) is 1.81. The van der Waals surface area contributed by atoms with Crippen LogP contribution in [0.5, 0.6) is 0 Å². The fraction of sp³-hybridized carbons (Fsp3) is 0.182. The SMILES string of the molecule is CC1(N=[N+]=[N-])C(=O)C(Cl)=Cc2ccccc21. The number of carbonyl (C=O) groups is 1. The Morgan fingerprint density at radius 2 is 2.12 bits per heavy atom. The monoisotopic (exact) mass is 233 g/mol. The predicted octanol–water partition coefficient (Wildman–Crippen LogP) is 3.37. The lowest BCUT2D eigenvalue weighted by molar-refractivity contribution is -0.119. The predicted molar refractivity (Wildman–Crippen MR) is 61.8 cm³/mol. The molecule has 1 aliphatic rings. The first-order valence-corrected chi connectivity index (χ1v) is 5.05. The lowest BCUT2D eigenvalue weighted by Crippen LogP contribution is -2.33. The second kappa shape index (κ2) is 3.67. The Labute approximate surface area is 97.2 Å². The Balaban J connectivity index is 2.76. The molecule has 0 fully saturated rings. The number of rotatable bonds is 1. The van der Waals surface area contributed by atoms with Gasteiger partial charge in [0, 0.05) is 4.91 Å². The van der Waals surface area contributed by atoms with Crippen LogP contribution < -0.4 is 0 Å². The van der Waals surface area contributed by atoms with Crippen molar-refractivity contribution in [2.24, 2.45) is 5.11 Å². The Morgan fingerprint density at radius 3 is 2.81 bits per heavy atom. The largest absolute Gasteiger partial charge is 0.292 e. The molecular weight excluding hydrogens is 226 g/mol. The maximum atomic E-state index is 11.9. The fourth-order valence-corrected chi connectivity index (χ4v) is 2.11. The van der Waals surface area contributed by atoms with Crippen molar-refractivity contribution in [3.05, 3.63) is 50.9 Å². The van der Waals surface area contributed by atoms with Crippen LogP contribution in [-0.4, -0.2) is 5.78 Å². The van der Waals surface area contributed by atoms with Gasteiger partial charge in [-0.2, -0.15) is 0 Å². The van der Waals surface area contributed by atoms with Gasteiger partial charge in [-0.3, -0.25) is 4.79 Å². The Hall–Kier alpha value is -1.77. The third-order valence-corrected chi connectivity index (χ3v) is 2.95. The van der Waals surface area contributed by atoms with E-state index in [1.54, 1.807) is 25.1 Å². The van der Waals surface area contributed by atoms with Crippen LogP contribution in [0.3, 0.4) is 0 Å². The van der Waals surface area contributed by atoms with Gasteiger partial charge in [-0.15, -0.1) is 0 Å². The molecule has 80 valence electrons. The second-order valence-corrected chi connectivity index (χ2v) is 4.08. The summed E-state index contributed by atoms with van der Waals surface area (Å²) in [6.07, 6.45) is 1.59. The van der Waals surface area contributed by atoms with Crippen molar-refractivity contribution < 1.29 is 4.79 Å². The van der Waals surface area contributed by atoms with Crippen molar-refractivity contribution >= 4 is 23.5 Å². The van der Waals surface area contributed by atoms with Crippen molar-refractivity contribution in [1.82, 2.24) is 0 Å². The number of hydrogen-bond acceptors (Lipinski definition) is 2. The molecule has 0 saturated heterocycles.